The number of rotatable bonds is 5. The molecule has 0 saturated carbocycles. The SMILES string of the molecule is CCCn1nnnc1COC(=O)c1ccc2nc(Cl)ccc2c1. The second kappa shape index (κ2) is 6.70. The fraction of sp³-hybridized carbons (Fsp3) is 0.267. The van der Waals surface area contributed by atoms with Gasteiger partial charge < -0.3 is 4.74 Å². The van der Waals surface area contributed by atoms with Gasteiger partial charge in [0.25, 0.3) is 0 Å². The standard InChI is InChI=1S/C15H14ClN5O2/c1-2-7-21-14(18-19-20-21)9-23-15(22)11-3-5-12-10(8-11)4-6-13(16)17-12/h3-6,8H,2,7,9H2,1H3. The first-order valence-corrected chi connectivity index (χ1v) is 7.53. The molecule has 1 aromatic carbocycles. The molecule has 0 atom stereocenters. The molecule has 23 heavy (non-hydrogen) atoms. The van der Waals surface area contributed by atoms with E-state index in [-0.39, 0.29) is 6.61 Å². The van der Waals surface area contributed by atoms with Gasteiger partial charge in [0.05, 0.1) is 11.1 Å². The second-order valence-electron chi connectivity index (χ2n) is 4.94. The lowest BCUT2D eigenvalue weighted by Crippen LogP contribution is -2.11. The van der Waals surface area contributed by atoms with Gasteiger partial charge in [0.15, 0.2) is 12.4 Å². The number of nitrogens with zero attached hydrogens (tertiary/aromatic N) is 5. The Morgan fingerprint density at radius 2 is 2.17 bits per heavy atom. The maximum Gasteiger partial charge on any atom is 0.338 e. The van der Waals surface area contributed by atoms with Crippen molar-refractivity contribution in [2.45, 2.75) is 26.5 Å². The summed E-state index contributed by atoms with van der Waals surface area (Å²) in [5.41, 5.74) is 1.16. The number of fused-ring (bicyclic) bond motifs is 1. The summed E-state index contributed by atoms with van der Waals surface area (Å²) in [5.74, 6) is 0.0855. The Morgan fingerprint density at radius 1 is 1.30 bits per heavy atom. The van der Waals surface area contributed by atoms with Gasteiger partial charge in [-0.25, -0.2) is 14.5 Å². The first kappa shape index (κ1) is 15.4. The van der Waals surface area contributed by atoms with Crippen molar-refractivity contribution in [1.82, 2.24) is 25.2 Å². The Bertz CT molecular complexity index is 849. The molecule has 0 N–H and O–H groups in total. The normalized spacial score (nSPS) is 10.9. The number of esters is 1. The van der Waals surface area contributed by atoms with E-state index in [1.807, 2.05) is 13.0 Å². The van der Waals surface area contributed by atoms with Gasteiger partial charge in [-0.15, -0.1) is 5.10 Å². The van der Waals surface area contributed by atoms with E-state index >= 15 is 0 Å². The summed E-state index contributed by atoms with van der Waals surface area (Å²) >= 11 is 5.84. The van der Waals surface area contributed by atoms with E-state index < -0.39 is 5.97 Å². The summed E-state index contributed by atoms with van der Waals surface area (Å²) in [4.78, 5) is 16.4. The van der Waals surface area contributed by atoms with Crippen LogP contribution in [0.4, 0.5) is 0 Å². The van der Waals surface area contributed by atoms with Crippen LogP contribution in [0.25, 0.3) is 10.9 Å². The van der Waals surface area contributed by atoms with Crippen molar-refractivity contribution in [3.63, 3.8) is 0 Å². The van der Waals surface area contributed by atoms with Crippen LogP contribution in [0.15, 0.2) is 30.3 Å². The molecule has 2 aromatic heterocycles. The summed E-state index contributed by atoms with van der Waals surface area (Å²) in [6.07, 6.45) is 0.895. The number of hydrogen-bond donors (Lipinski definition) is 0. The highest BCUT2D eigenvalue weighted by atomic mass is 35.5. The van der Waals surface area contributed by atoms with E-state index in [4.69, 9.17) is 16.3 Å². The molecule has 3 rings (SSSR count). The predicted octanol–water partition coefficient (Wildman–Crippen LogP) is 2.64. The van der Waals surface area contributed by atoms with Crippen molar-refractivity contribution >= 4 is 28.5 Å². The zero-order chi connectivity index (χ0) is 16.2. The molecule has 0 aliphatic rings. The fourth-order valence-electron chi connectivity index (χ4n) is 2.15. The average molecular weight is 332 g/mol. The third kappa shape index (κ3) is 3.45. The van der Waals surface area contributed by atoms with Gasteiger partial charge in [-0.1, -0.05) is 18.5 Å². The number of benzene rings is 1. The van der Waals surface area contributed by atoms with E-state index in [2.05, 4.69) is 20.5 Å². The summed E-state index contributed by atoms with van der Waals surface area (Å²) in [7, 11) is 0. The average Bonchev–Trinajstić information content (AvgIpc) is 2.99. The van der Waals surface area contributed by atoms with Crippen LogP contribution in [0.1, 0.15) is 29.5 Å². The monoisotopic (exact) mass is 331 g/mol. The van der Waals surface area contributed by atoms with E-state index in [0.717, 1.165) is 17.3 Å². The van der Waals surface area contributed by atoms with Crippen LogP contribution < -0.4 is 0 Å². The molecule has 0 aliphatic heterocycles. The number of tetrazole rings is 1. The molecule has 0 saturated heterocycles. The van der Waals surface area contributed by atoms with Gasteiger partial charge in [-0.2, -0.15) is 0 Å². The number of pyridine rings is 1. The quantitative estimate of drug-likeness (QED) is 0.528. The minimum atomic E-state index is -0.437. The fourth-order valence-corrected chi connectivity index (χ4v) is 2.31. The van der Waals surface area contributed by atoms with Crippen molar-refractivity contribution in [2.24, 2.45) is 0 Å². The van der Waals surface area contributed by atoms with Crippen molar-refractivity contribution < 1.29 is 9.53 Å². The Morgan fingerprint density at radius 3 is 3.00 bits per heavy atom. The topological polar surface area (TPSA) is 82.8 Å². The number of carbonyl (C=O) groups excluding carboxylic acids is 1. The highest BCUT2D eigenvalue weighted by Gasteiger charge is 2.12. The molecule has 0 radical (unpaired) electrons. The summed E-state index contributed by atoms with van der Waals surface area (Å²) in [5, 5.41) is 12.5. The van der Waals surface area contributed by atoms with Crippen LogP contribution >= 0.6 is 11.6 Å². The maximum absolute atomic E-state index is 12.2. The molecule has 0 amide bonds. The number of carbonyl (C=O) groups is 1. The maximum atomic E-state index is 12.2. The Hall–Kier alpha value is -2.54. The Balaban J connectivity index is 1.73. The van der Waals surface area contributed by atoms with E-state index in [9.17, 15) is 4.79 Å². The van der Waals surface area contributed by atoms with Gasteiger partial charge in [-0.05, 0) is 47.2 Å². The summed E-state index contributed by atoms with van der Waals surface area (Å²) < 4.78 is 6.91. The molecule has 0 spiro atoms. The van der Waals surface area contributed by atoms with E-state index in [1.54, 1.807) is 28.9 Å². The van der Waals surface area contributed by atoms with Crippen LogP contribution in [-0.2, 0) is 17.9 Å². The van der Waals surface area contributed by atoms with Gasteiger partial charge >= 0.3 is 5.97 Å². The zero-order valence-electron chi connectivity index (χ0n) is 12.4. The minimum Gasteiger partial charge on any atom is -0.454 e. The lowest BCUT2D eigenvalue weighted by molar-refractivity contribution is 0.0456. The third-order valence-corrected chi connectivity index (χ3v) is 3.48. The predicted molar refractivity (Wildman–Crippen MR) is 84.0 cm³/mol. The molecule has 3 aromatic rings. The van der Waals surface area contributed by atoms with Gasteiger partial charge in [0, 0.05) is 11.9 Å². The molecule has 8 heteroatoms. The Labute approximate surface area is 137 Å². The van der Waals surface area contributed by atoms with Crippen molar-refractivity contribution in [3.8, 4) is 0 Å². The number of aromatic nitrogens is 5. The number of ether oxygens (including phenoxy) is 1. The van der Waals surface area contributed by atoms with Crippen LogP contribution in [0.5, 0.6) is 0 Å². The molecule has 0 unspecified atom stereocenters. The largest absolute Gasteiger partial charge is 0.454 e. The highest BCUT2D eigenvalue weighted by Crippen LogP contribution is 2.17. The third-order valence-electron chi connectivity index (χ3n) is 3.26. The zero-order valence-corrected chi connectivity index (χ0v) is 13.2. The number of hydrogen-bond acceptors (Lipinski definition) is 6. The number of aryl methyl sites for hydroxylation is 1. The lowest BCUT2D eigenvalue weighted by Gasteiger charge is -2.06. The molecular formula is C15H14ClN5O2. The molecule has 0 bridgehead atoms. The van der Waals surface area contributed by atoms with Gasteiger partial charge in [0.1, 0.15) is 5.15 Å². The van der Waals surface area contributed by atoms with Gasteiger partial charge in [-0.3, -0.25) is 0 Å². The molecule has 0 aliphatic carbocycles. The lowest BCUT2D eigenvalue weighted by atomic mass is 10.1. The van der Waals surface area contributed by atoms with Crippen LogP contribution in [-0.4, -0.2) is 31.2 Å². The van der Waals surface area contributed by atoms with Crippen LogP contribution in [0.3, 0.4) is 0 Å². The number of halogens is 1. The molecule has 118 valence electrons. The highest BCUT2D eigenvalue weighted by molar-refractivity contribution is 6.29. The van der Waals surface area contributed by atoms with Crippen molar-refractivity contribution in [1.29, 1.82) is 0 Å². The smallest absolute Gasteiger partial charge is 0.338 e. The van der Waals surface area contributed by atoms with Crippen molar-refractivity contribution in [2.75, 3.05) is 0 Å². The first-order chi connectivity index (χ1) is 11.2. The Kier molecular flexibility index (Phi) is 4.47. The van der Waals surface area contributed by atoms with Gasteiger partial charge in [0.2, 0.25) is 0 Å². The first-order valence-electron chi connectivity index (χ1n) is 7.16. The van der Waals surface area contributed by atoms with E-state index in [0.29, 0.717) is 23.1 Å². The van der Waals surface area contributed by atoms with E-state index in [1.165, 1.54) is 0 Å². The molecule has 7 nitrogen and oxygen atoms in total. The van der Waals surface area contributed by atoms with Crippen LogP contribution in [0, 0.1) is 0 Å². The molecular weight excluding hydrogens is 318 g/mol. The van der Waals surface area contributed by atoms with Crippen LogP contribution in [0.2, 0.25) is 5.15 Å². The minimum absolute atomic E-state index is 0.0305. The second-order valence-corrected chi connectivity index (χ2v) is 5.32. The van der Waals surface area contributed by atoms with Crippen molar-refractivity contribution in [3.05, 3.63) is 46.9 Å². The molecule has 2 heterocycles. The summed E-state index contributed by atoms with van der Waals surface area (Å²) in [6.45, 7) is 2.73. The molecule has 0 fully saturated rings. The summed E-state index contributed by atoms with van der Waals surface area (Å²) in [6, 6.07) is 8.60.